The maximum atomic E-state index is 12.4. The van der Waals surface area contributed by atoms with E-state index in [1.165, 1.54) is 11.1 Å². The molecule has 1 heterocycles. The number of ether oxygens (including phenoxy) is 1. The number of piperazine rings is 1. The fourth-order valence-corrected chi connectivity index (χ4v) is 3.35. The fraction of sp³-hybridized carbons (Fsp3) is 0.375. The van der Waals surface area contributed by atoms with Crippen molar-refractivity contribution in [1.29, 1.82) is 0 Å². The summed E-state index contributed by atoms with van der Waals surface area (Å²) in [5.74, 6) is 0.886. The zero-order chi connectivity index (χ0) is 20.5. The number of hydrogen-bond acceptors (Lipinski definition) is 3. The Kier molecular flexibility index (Phi) is 7.70. The molecule has 0 aliphatic carbocycles. The van der Waals surface area contributed by atoms with Crippen LogP contribution in [0.2, 0.25) is 0 Å². The monoisotopic (exact) mass is 393 g/mol. The van der Waals surface area contributed by atoms with Gasteiger partial charge in [-0.15, -0.1) is 0 Å². The predicted octanol–water partition coefficient (Wildman–Crippen LogP) is 3.72. The molecular weight excluding hydrogens is 362 g/mol. The lowest BCUT2D eigenvalue weighted by Crippen LogP contribution is -2.52. The van der Waals surface area contributed by atoms with Gasteiger partial charge in [0.25, 0.3) is 0 Å². The summed E-state index contributed by atoms with van der Waals surface area (Å²) in [4.78, 5) is 16.6. The summed E-state index contributed by atoms with van der Waals surface area (Å²) < 4.78 is 5.80. The molecule has 2 aromatic carbocycles. The third-order valence-electron chi connectivity index (χ3n) is 5.32. The Hall–Kier alpha value is -2.79. The van der Waals surface area contributed by atoms with Crippen LogP contribution in [0.3, 0.4) is 0 Å². The number of carbonyl (C=O) groups is 1. The van der Waals surface area contributed by atoms with Crippen LogP contribution < -0.4 is 10.1 Å². The molecule has 0 unspecified atom stereocenters. The van der Waals surface area contributed by atoms with Crippen molar-refractivity contribution in [1.82, 2.24) is 15.1 Å². The van der Waals surface area contributed by atoms with E-state index in [1.54, 1.807) is 0 Å². The summed E-state index contributed by atoms with van der Waals surface area (Å²) in [5, 5.41) is 2.97. The van der Waals surface area contributed by atoms with Crippen molar-refractivity contribution >= 4 is 12.1 Å². The third kappa shape index (κ3) is 6.36. The first-order valence-corrected chi connectivity index (χ1v) is 10.3. The van der Waals surface area contributed by atoms with Gasteiger partial charge in [0.1, 0.15) is 12.4 Å². The van der Waals surface area contributed by atoms with Gasteiger partial charge in [0, 0.05) is 32.7 Å². The van der Waals surface area contributed by atoms with Gasteiger partial charge in [0.05, 0.1) is 6.54 Å². The van der Waals surface area contributed by atoms with Crippen LogP contribution in [-0.2, 0) is 0 Å². The molecule has 1 fully saturated rings. The van der Waals surface area contributed by atoms with Gasteiger partial charge in [-0.25, -0.2) is 4.79 Å². The molecule has 1 aliphatic heterocycles. The summed E-state index contributed by atoms with van der Waals surface area (Å²) >= 11 is 0. The standard InChI is InChI=1S/C24H31N3O2/c1-20-8-6-12-23(21(20)2)29-19-13-25-24(28)27-17-15-26(16-18-27)14-7-11-22-9-4-3-5-10-22/h3-12H,13-19H2,1-2H3,(H,25,28)/b11-7+. The highest BCUT2D eigenvalue weighted by molar-refractivity contribution is 5.74. The highest BCUT2D eigenvalue weighted by Crippen LogP contribution is 2.20. The number of amides is 2. The van der Waals surface area contributed by atoms with Gasteiger partial charge >= 0.3 is 6.03 Å². The number of rotatable bonds is 7. The molecule has 0 saturated carbocycles. The molecule has 0 radical (unpaired) electrons. The first kappa shape index (κ1) is 20.9. The Balaban J connectivity index is 1.32. The van der Waals surface area contributed by atoms with E-state index in [0.29, 0.717) is 13.2 Å². The van der Waals surface area contributed by atoms with Crippen molar-refractivity contribution in [2.24, 2.45) is 0 Å². The van der Waals surface area contributed by atoms with Crippen LogP contribution in [-0.4, -0.2) is 61.7 Å². The molecule has 5 nitrogen and oxygen atoms in total. The van der Waals surface area contributed by atoms with Crippen molar-refractivity contribution < 1.29 is 9.53 Å². The third-order valence-corrected chi connectivity index (χ3v) is 5.32. The van der Waals surface area contributed by atoms with E-state index in [0.717, 1.165) is 44.0 Å². The molecule has 2 aromatic rings. The minimum Gasteiger partial charge on any atom is -0.491 e. The lowest BCUT2D eigenvalue weighted by Gasteiger charge is -2.34. The molecule has 1 aliphatic rings. The van der Waals surface area contributed by atoms with E-state index in [9.17, 15) is 4.79 Å². The van der Waals surface area contributed by atoms with Gasteiger partial charge in [0.2, 0.25) is 0 Å². The SMILES string of the molecule is Cc1cccc(OCCNC(=O)N2CCN(C/C=C/c3ccccc3)CC2)c1C. The maximum Gasteiger partial charge on any atom is 0.317 e. The van der Waals surface area contributed by atoms with E-state index < -0.39 is 0 Å². The van der Waals surface area contributed by atoms with Crippen molar-refractivity contribution in [3.63, 3.8) is 0 Å². The van der Waals surface area contributed by atoms with Crippen LogP contribution in [0.25, 0.3) is 6.08 Å². The number of nitrogens with one attached hydrogen (secondary N) is 1. The number of carbonyl (C=O) groups excluding carboxylic acids is 1. The Morgan fingerprint density at radius 1 is 1.03 bits per heavy atom. The second kappa shape index (κ2) is 10.7. The predicted molar refractivity (Wildman–Crippen MR) is 118 cm³/mol. The van der Waals surface area contributed by atoms with Crippen molar-refractivity contribution in [3.05, 3.63) is 71.3 Å². The number of hydrogen-bond donors (Lipinski definition) is 1. The minimum atomic E-state index is -0.00552. The van der Waals surface area contributed by atoms with Gasteiger partial charge in [0.15, 0.2) is 0 Å². The Morgan fingerprint density at radius 3 is 2.55 bits per heavy atom. The summed E-state index contributed by atoms with van der Waals surface area (Å²) in [5.41, 5.74) is 3.58. The Bertz CT molecular complexity index is 812. The van der Waals surface area contributed by atoms with Crippen LogP contribution in [0, 0.1) is 13.8 Å². The number of urea groups is 1. The number of nitrogens with zero attached hydrogens (tertiary/aromatic N) is 2. The molecule has 29 heavy (non-hydrogen) atoms. The molecule has 0 spiro atoms. The van der Waals surface area contributed by atoms with Gasteiger partial charge in [-0.05, 0) is 36.6 Å². The van der Waals surface area contributed by atoms with E-state index in [1.807, 2.05) is 35.2 Å². The number of aryl methyl sites for hydroxylation is 1. The second-order valence-electron chi connectivity index (χ2n) is 7.38. The van der Waals surface area contributed by atoms with Crippen LogP contribution in [0.5, 0.6) is 5.75 Å². The molecule has 5 heteroatoms. The van der Waals surface area contributed by atoms with Gasteiger partial charge < -0.3 is 15.0 Å². The average molecular weight is 394 g/mol. The van der Waals surface area contributed by atoms with Crippen LogP contribution >= 0.6 is 0 Å². The van der Waals surface area contributed by atoms with E-state index >= 15 is 0 Å². The van der Waals surface area contributed by atoms with Gasteiger partial charge in [-0.3, -0.25) is 4.90 Å². The van der Waals surface area contributed by atoms with Gasteiger partial charge in [-0.1, -0.05) is 54.6 Å². The van der Waals surface area contributed by atoms with E-state index in [2.05, 4.69) is 54.4 Å². The Labute approximate surface area is 174 Å². The van der Waals surface area contributed by atoms with Crippen LogP contribution in [0.4, 0.5) is 4.79 Å². The van der Waals surface area contributed by atoms with E-state index in [4.69, 9.17) is 4.74 Å². The van der Waals surface area contributed by atoms with Crippen LogP contribution in [0.1, 0.15) is 16.7 Å². The molecule has 0 bridgehead atoms. The molecule has 3 rings (SSSR count). The summed E-state index contributed by atoms with van der Waals surface area (Å²) in [7, 11) is 0. The lowest BCUT2D eigenvalue weighted by molar-refractivity contribution is 0.145. The normalized spacial score (nSPS) is 14.9. The van der Waals surface area contributed by atoms with Crippen molar-refractivity contribution in [2.75, 3.05) is 45.9 Å². The molecular formula is C24H31N3O2. The maximum absolute atomic E-state index is 12.4. The highest BCUT2D eigenvalue weighted by atomic mass is 16.5. The van der Waals surface area contributed by atoms with Gasteiger partial charge in [-0.2, -0.15) is 0 Å². The number of benzene rings is 2. The average Bonchev–Trinajstić information content (AvgIpc) is 2.75. The zero-order valence-corrected chi connectivity index (χ0v) is 17.4. The quantitative estimate of drug-likeness (QED) is 0.729. The van der Waals surface area contributed by atoms with E-state index in [-0.39, 0.29) is 6.03 Å². The lowest BCUT2D eigenvalue weighted by atomic mass is 10.1. The zero-order valence-electron chi connectivity index (χ0n) is 17.4. The topological polar surface area (TPSA) is 44.8 Å². The molecule has 1 N–H and O–H groups in total. The largest absolute Gasteiger partial charge is 0.491 e. The van der Waals surface area contributed by atoms with Crippen LogP contribution in [0.15, 0.2) is 54.6 Å². The summed E-state index contributed by atoms with van der Waals surface area (Å²) in [6, 6.07) is 16.3. The molecule has 0 atom stereocenters. The smallest absolute Gasteiger partial charge is 0.317 e. The first-order chi connectivity index (χ1) is 14.1. The molecule has 0 aromatic heterocycles. The first-order valence-electron chi connectivity index (χ1n) is 10.3. The Morgan fingerprint density at radius 2 is 1.79 bits per heavy atom. The van der Waals surface area contributed by atoms with Crippen molar-refractivity contribution in [2.45, 2.75) is 13.8 Å². The summed E-state index contributed by atoms with van der Waals surface area (Å²) in [6.45, 7) is 9.31. The molecule has 2 amide bonds. The highest BCUT2D eigenvalue weighted by Gasteiger charge is 2.19. The summed E-state index contributed by atoms with van der Waals surface area (Å²) in [6.07, 6.45) is 4.34. The molecule has 1 saturated heterocycles. The molecule has 154 valence electrons. The second-order valence-corrected chi connectivity index (χ2v) is 7.38. The van der Waals surface area contributed by atoms with Crippen molar-refractivity contribution in [3.8, 4) is 5.75 Å². The minimum absolute atomic E-state index is 0.00552. The fourth-order valence-electron chi connectivity index (χ4n) is 3.35.